The lowest BCUT2D eigenvalue weighted by molar-refractivity contribution is -0.926. The number of ether oxygens (including phenoxy) is 4. The maximum Gasteiger partial charge on any atom is 0.339 e. The first kappa shape index (κ1) is 23.0. The molecule has 1 fully saturated rings. The van der Waals surface area contributed by atoms with Crippen LogP contribution in [0.25, 0.3) is 0 Å². The van der Waals surface area contributed by atoms with Gasteiger partial charge in [-0.25, -0.2) is 9.78 Å². The van der Waals surface area contributed by atoms with Gasteiger partial charge < -0.3 is 23.4 Å². The Hall–Kier alpha value is -3.39. The monoisotopic (exact) mass is 491 g/mol. The number of nitrogens with zero attached hydrogens (tertiary/aromatic N) is 2. The molecule has 4 aliphatic rings. The fraction of sp³-hybridized carbons (Fsp3) is 0.464. The van der Waals surface area contributed by atoms with Gasteiger partial charge in [0.05, 0.1) is 38.2 Å². The maximum absolute atomic E-state index is 12.0. The molecule has 1 saturated heterocycles. The summed E-state index contributed by atoms with van der Waals surface area (Å²) in [5.41, 5.74) is 2.56. The zero-order valence-corrected chi connectivity index (χ0v) is 21.0. The lowest BCUT2D eigenvalue weighted by Crippen LogP contribution is -2.70. The molecular weight excluding hydrogens is 460 g/mol. The molecule has 1 aromatic carbocycles. The van der Waals surface area contributed by atoms with Crippen LogP contribution in [-0.2, 0) is 21.4 Å². The zero-order valence-electron chi connectivity index (χ0n) is 21.0. The van der Waals surface area contributed by atoms with Crippen LogP contribution in [0.1, 0.15) is 41.8 Å². The van der Waals surface area contributed by atoms with Crippen molar-refractivity contribution in [2.24, 2.45) is 5.92 Å². The smallest absolute Gasteiger partial charge is 0.339 e. The Morgan fingerprint density at radius 3 is 2.75 bits per heavy atom. The molecule has 2 aliphatic heterocycles. The topological polar surface area (TPSA) is 84.0 Å². The van der Waals surface area contributed by atoms with Crippen LogP contribution in [0.3, 0.4) is 0 Å². The average molecular weight is 492 g/mol. The van der Waals surface area contributed by atoms with E-state index in [1.54, 1.807) is 19.1 Å². The van der Waals surface area contributed by atoms with Crippen molar-refractivity contribution in [3.63, 3.8) is 0 Å². The van der Waals surface area contributed by atoms with Gasteiger partial charge in [0.2, 0.25) is 5.88 Å². The standard InChI is InChI=1S/C28H31N2O6/c1-5-33-27(32)18-7-11-23(29-15-18)35-22-10-8-19-20-14-17-6-9-21(34-16(2)31)25-24(17)28(19,26(22)36-25)12-13-30(20,3)4/h6-11,15,19-20,22,26H,5,12-14H2,1-4H3/q+1/t19-,20+,22-,26-,28-/m0/s1. The van der Waals surface area contributed by atoms with Gasteiger partial charge in [0.1, 0.15) is 6.04 Å². The van der Waals surface area contributed by atoms with E-state index in [0.29, 0.717) is 35.6 Å². The predicted octanol–water partition coefficient (Wildman–Crippen LogP) is 3.22. The Labute approximate surface area is 210 Å². The molecule has 0 N–H and O–H groups in total. The van der Waals surface area contributed by atoms with Gasteiger partial charge in [-0.3, -0.25) is 4.79 Å². The second kappa shape index (κ2) is 8.06. The van der Waals surface area contributed by atoms with E-state index < -0.39 is 5.97 Å². The highest BCUT2D eigenvalue weighted by molar-refractivity contribution is 5.89. The zero-order chi connectivity index (χ0) is 25.2. The Morgan fingerprint density at radius 1 is 1.19 bits per heavy atom. The van der Waals surface area contributed by atoms with Crippen LogP contribution >= 0.6 is 0 Å². The molecular formula is C28H31N2O6+. The number of likely N-dealkylation sites (tertiary alicyclic amines) is 1. The molecule has 2 aliphatic carbocycles. The van der Waals surface area contributed by atoms with Crippen LogP contribution in [0.5, 0.6) is 17.4 Å². The SMILES string of the molecule is CCOC(=O)c1ccc(O[C@H]2C=C[C@H]3[C@H]4Cc5ccc(OC(C)=O)c6c5[C@@]3(CC[N+]4(C)C)[C@H]2O6)nc1. The van der Waals surface area contributed by atoms with E-state index in [-0.39, 0.29) is 29.5 Å². The van der Waals surface area contributed by atoms with Gasteiger partial charge in [0.25, 0.3) is 0 Å². The van der Waals surface area contributed by atoms with Gasteiger partial charge in [-0.2, -0.15) is 0 Å². The molecule has 5 atom stereocenters. The van der Waals surface area contributed by atoms with Gasteiger partial charge >= 0.3 is 11.9 Å². The van der Waals surface area contributed by atoms with Crippen LogP contribution in [-0.4, -0.2) is 66.9 Å². The molecule has 6 rings (SSSR count). The average Bonchev–Trinajstić information content (AvgIpc) is 3.20. The van der Waals surface area contributed by atoms with Crippen LogP contribution in [0, 0.1) is 5.92 Å². The number of benzene rings is 1. The molecule has 2 bridgehead atoms. The molecule has 0 amide bonds. The van der Waals surface area contributed by atoms with E-state index in [0.717, 1.165) is 23.9 Å². The van der Waals surface area contributed by atoms with Crippen LogP contribution in [0.4, 0.5) is 0 Å². The number of carbonyl (C=O) groups is 2. The Morgan fingerprint density at radius 2 is 2.03 bits per heavy atom. The van der Waals surface area contributed by atoms with Gasteiger partial charge in [-0.05, 0) is 30.7 Å². The number of aromatic nitrogens is 1. The number of likely N-dealkylation sites (N-methyl/N-ethyl adjacent to an activating group) is 1. The molecule has 8 nitrogen and oxygen atoms in total. The van der Waals surface area contributed by atoms with Crippen molar-refractivity contribution in [1.82, 2.24) is 4.98 Å². The highest BCUT2D eigenvalue weighted by Crippen LogP contribution is 2.63. The summed E-state index contributed by atoms with van der Waals surface area (Å²) >= 11 is 0. The molecule has 8 heteroatoms. The molecule has 0 saturated carbocycles. The van der Waals surface area contributed by atoms with E-state index in [1.807, 2.05) is 6.07 Å². The van der Waals surface area contributed by atoms with E-state index in [2.05, 4.69) is 37.3 Å². The Bertz CT molecular complexity index is 1270. The van der Waals surface area contributed by atoms with Crippen LogP contribution < -0.4 is 14.2 Å². The van der Waals surface area contributed by atoms with Gasteiger partial charge in [-0.15, -0.1) is 0 Å². The lowest BCUT2D eigenvalue weighted by Gasteiger charge is -2.58. The second-order valence-corrected chi connectivity index (χ2v) is 10.7. The number of hydrogen-bond donors (Lipinski definition) is 0. The summed E-state index contributed by atoms with van der Waals surface area (Å²) in [5, 5.41) is 0. The third kappa shape index (κ3) is 3.27. The minimum absolute atomic E-state index is 0.262. The minimum atomic E-state index is -0.410. The van der Waals surface area contributed by atoms with E-state index in [9.17, 15) is 9.59 Å². The van der Waals surface area contributed by atoms with Crippen molar-refractivity contribution in [2.45, 2.75) is 50.4 Å². The summed E-state index contributed by atoms with van der Waals surface area (Å²) in [4.78, 5) is 28.2. The van der Waals surface area contributed by atoms with Crippen molar-refractivity contribution in [2.75, 3.05) is 27.2 Å². The number of pyridine rings is 1. The third-order valence-corrected chi connectivity index (χ3v) is 8.43. The van der Waals surface area contributed by atoms with Crippen molar-refractivity contribution in [1.29, 1.82) is 0 Å². The summed E-state index contributed by atoms with van der Waals surface area (Å²) in [5.74, 6) is 1.06. The van der Waals surface area contributed by atoms with E-state index >= 15 is 0 Å². The summed E-state index contributed by atoms with van der Waals surface area (Å²) in [6.07, 6.45) is 7.08. The second-order valence-electron chi connectivity index (χ2n) is 10.7. The lowest BCUT2D eigenvalue weighted by atomic mass is 9.53. The summed E-state index contributed by atoms with van der Waals surface area (Å²) in [6.45, 7) is 4.50. The normalized spacial score (nSPS) is 30.1. The number of rotatable bonds is 5. The number of quaternary nitrogens is 1. The van der Waals surface area contributed by atoms with Gasteiger partial charge in [0, 0.05) is 43.5 Å². The molecule has 188 valence electrons. The molecule has 1 aromatic heterocycles. The largest absolute Gasteiger partial charge is 0.481 e. The number of piperidine rings is 1. The number of hydrogen-bond acceptors (Lipinski definition) is 7. The Kier molecular flexibility index (Phi) is 5.16. The maximum atomic E-state index is 12.0. The van der Waals surface area contributed by atoms with Crippen molar-refractivity contribution < 1.29 is 33.0 Å². The summed E-state index contributed by atoms with van der Waals surface area (Å²) < 4.78 is 24.7. The number of carbonyl (C=O) groups excluding carboxylic acids is 2. The first-order chi connectivity index (χ1) is 17.2. The van der Waals surface area contributed by atoms with Gasteiger partial charge in [-0.1, -0.05) is 12.1 Å². The molecule has 36 heavy (non-hydrogen) atoms. The fourth-order valence-electron chi connectivity index (χ4n) is 6.83. The van der Waals surface area contributed by atoms with E-state index in [1.165, 1.54) is 24.2 Å². The number of esters is 2. The fourth-order valence-corrected chi connectivity index (χ4v) is 6.83. The first-order valence-corrected chi connectivity index (χ1v) is 12.6. The van der Waals surface area contributed by atoms with Crippen molar-refractivity contribution in [3.05, 3.63) is 59.3 Å². The van der Waals surface area contributed by atoms with Crippen molar-refractivity contribution >= 4 is 11.9 Å². The van der Waals surface area contributed by atoms with Crippen molar-refractivity contribution in [3.8, 4) is 17.4 Å². The van der Waals surface area contributed by atoms with Crippen LogP contribution in [0.2, 0.25) is 0 Å². The highest BCUT2D eigenvalue weighted by Gasteiger charge is 2.68. The molecule has 0 radical (unpaired) electrons. The molecule has 1 spiro atoms. The molecule has 2 aromatic rings. The third-order valence-electron chi connectivity index (χ3n) is 8.43. The van der Waals surface area contributed by atoms with Crippen LogP contribution in [0.15, 0.2) is 42.6 Å². The quantitative estimate of drug-likeness (QED) is 0.275. The van der Waals surface area contributed by atoms with E-state index in [4.69, 9.17) is 18.9 Å². The summed E-state index contributed by atoms with van der Waals surface area (Å²) in [7, 11) is 4.62. The minimum Gasteiger partial charge on any atom is -0.481 e. The molecule has 3 heterocycles. The Balaban J connectivity index is 1.39. The van der Waals surface area contributed by atoms with Gasteiger partial charge in [0.15, 0.2) is 23.7 Å². The molecule has 0 unspecified atom stereocenters. The first-order valence-electron chi connectivity index (χ1n) is 12.6. The highest BCUT2D eigenvalue weighted by atomic mass is 16.6. The predicted molar refractivity (Wildman–Crippen MR) is 130 cm³/mol. The summed E-state index contributed by atoms with van der Waals surface area (Å²) in [6, 6.07) is 7.72.